The molecule has 0 radical (unpaired) electrons. The van der Waals surface area contributed by atoms with Crippen molar-refractivity contribution in [3.8, 4) is 0 Å². The number of nitrogens with zero attached hydrogens (tertiary/aromatic N) is 1. The number of nitrogens with one attached hydrogen (secondary N) is 1. The molecule has 2 N–H and O–H groups in total. The monoisotopic (exact) mass is 324 g/mol. The Morgan fingerprint density at radius 1 is 1.41 bits per heavy atom. The van der Waals surface area contributed by atoms with Gasteiger partial charge in [-0.1, -0.05) is 20.8 Å². The molecule has 0 aromatic carbocycles. The van der Waals surface area contributed by atoms with Crippen LogP contribution in [0.3, 0.4) is 0 Å². The van der Waals surface area contributed by atoms with E-state index in [2.05, 4.69) is 5.32 Å². The van der Waals surface area contributed by atoms with Crippen LogP contribution in [-0.2, 0) is 4.79 Å². The fraction of sp³-hybridized carbons (Fsp3) is 0.625. The van der Waals surface area contributed by atoms with E-state index in [4.69, 9.17) is 5.11 Å². The number of hydrogen-bond acceptors (Lipinski definition) is 4. The van der Waals surface area contributed by atoms with Crippen molar-refractivity contribution in [2.75, 3.05) is 18.5 Å². The van der Waals surface area contributed by atoms with Crippen LogP contribution in [0, 0.1) is 12.3 Å². The van der Waals surface area contributed by atoms with Crippen molar-refractivity contribution < 1.29 is 14.7 Å². The van der Waals surface area contributed by atoms with Gasteiger partial charge < -0.3 is 15.3 Å². The number of aryl methyl sites for hydroxylation is 1. The molecule has 6 heteroatoms. The van der Waals surface area contributed by atoms with Gasteiger partial charge in [0.2, 0.25) is 5.91 Å². The fourth-order valence-corrected chi connectivity index (χ4v) is 3.15. The summed E-state index contributed by atoms with van der Waals surface area (Å²) in [6, 6.07) is 2.10. The number of aliphatic hydroxyl groups is 1. The van der Waals surface area contributed by atoms with E-state index in [1.165, 1.54) is 11.3 Å². The topological polar surface area (TPSA) is 69.6 Å². The van der Waals surface area contributed by atoms with Gasteiger partial charge in [-0.05, 0) is 31.4 Å². The van der Waals surface area contributed by atoms with Crippen LogP contribution in [0.2, 0.25) is 0 Å². The predicted octanol–water partition coefficient (Wildman–Crippen LogP) is 2.64. The van der Waals surface area contributed by atoms with Crippen molar-refractivity contribution in [1.29, 1.82) is 0 Å². The highest BCUT2D eigenvalue weighted by atomic mass is 32.1. The highest BCUT2D eigenvalue weighted by molar-refractivity contribution is 7.18. The third-order valence-corrected chi connectivity index (χ3v) is 4.76. The SMILES string of the molecule is Cc1cc(NC(=O)C(C)(C)C)sc1C(=O)N(CCO)C1CC1. The van der Waals surface area contributed by atoms with Crippen LogP contribution in [-0.4, -0.2) is 41.0 Å². The lowest BCUT2D eigenvalue weighted by Crippen LogP contribution is -2.35. The first-order chi connectivity index (χ1) is 10.2. The van der Waals surface area contributed by atoms with Gasteiger partial charge >= 0.3 is 0 Å². The van der Waals surface area contributed by atoms with Crippen LogP contribution in [0.5, 0.6) is 0 Å². The summed E-state index contributed by atoms with van der Waals surface area (Å²) in [6.07, 6.45) is 2.01. The molecule has 1 fully saturated rings. The van der Waals surface area contributed by atoms with E-state index >= 15 is 0 Å². The quantitative estimate of drug-likeness (QED) is 0.875. The maximum absolute atomic E-state index is 12.6. The van der Waals surface area contributed by atoms with Gasteiger partial charge in [-0.2, -0.15) is 0 Å². The lowest BCUT2D eigenvalue weighted by molar-refractivity contribution is -0.123. The smallest absolute Gasteiger partial charge is 0.264 e. The number of aliphatic hydroxyl groups excluding tert-OH is 1. The van der Waals surface area contributed by atoms with E-state index in [0.717, 1.165) is 18.4 Å². The van der Waals surface area contributed by atoms with E-state index in [-0.39, 0.29) is 24.5 Å². The molecule has 1 saturated carbocycles. The first-order valence-electron chi connectivity index (χ1n) is 7.57. The number of hydrogen-bond donors (Lipinski definition) is 2. The molecule has 1 aromatic rings. The molecule has 2 amide bonds. The summed E-state index contributed by atoms with van der Waals surface area (Å²) in [5, 5.41) is 12.7. The second-order valence-corrected chi connectivity index (χ2v) is 7.83. The van der Waals surface area contributed by atoms with Crippen LogP contribution in [0.15, 0.2) is 6.07 Å². The Kier molecular flexibility index (Phi) is 4.92. The Labute approximate surface area is 135 Å². The molecule has 22 heavy (non-hydrogen) atoms. The van der Waals surface area contributed by atoms with Crippen molar-refractivity contribution in [3.05, 3.63) is 16.5 Å². The Morgan fingerprint density at radius 3 is 2.55 bits per heavy atom. The maximum Gasteiger partial charge on any atom is 0.264 e. The standard InChI is InChI=1S/C16H24N2O3S/c1-10-9-12(17-15(21)16(2,3)4)22-13(10)14(20)18(7-8-19)11-5-6-11/h9,11,19H,5-8H2,1-4H3,(H,17,21). The minimum absolute atomic E-state index is 0.0275. The Balaban J connectivity index is 2.15. The Hall–Kier alpha value is -1.40. The van der Waals surface area contributed by atoms with Crippen LogP contribution >= 0.6 is 11.3 Å². The van der Waals surface area contributed by atoms with Gasteiger partial charge in [0, 0.05) is 18.0 Å². The minimum atomic E-state index is -0.473. The zero-order chi connectivity index (χ0) is 16.5. The predicted molar refractivity (Wildman–Crippen MR) is 88.3 cm³/mol. The Bertz CT molecular complexity index is 570. The second kappa shape index (κ2) is 6.38. The third-order valence-electron chi connectivity index (χ3n) is 3.62. The molecule has 1 aliphatic rings. The van der Waals surface area contributed by atoms with Crippen LogP contribution in [0.25, 0.3) is 0 Å². The molecule has 122 valence electrons. The van der Waals surface area contributed by atoms with Gasteiger partial charge in [0.05, 0.1) is 16.5 Å². The first kappa shape index (κ1) is 17.0. The molecule has 1 heterocycles. The molecule has 0 unspecified atom stereocenters. The van der Waals surface area contributed by atoms with Crippen molar-refractivity contribution >= 4 is 28.2 Å². The lowest BCUT2D eigenvalue weighted by atomic mass is 9.96. The zero-order valence-corrected chi connectivity index (χ0v) is 14.4. The van der Waals surface area contributed by atoms with Gasteiger partial charge in [0.25, 0.3) is 5.91 Å². The number of thiophene rings is 1. The van der Waals surface area contributed by atoms with Gasteiger partial charge in [0.1, 0.15) is 0 Å². The van der Waals surface area contributed by atoms with E-state index < -0.39 is 5.41 Å². The summed E-state index contributed by atoms with van der Waals surface area (Å²) in [5.74, 6) is -0.113. The third kappa shape index (κ3) is 3.87. The molecule has 1 aliphatic carbocycles. The molecule has 0 atom stereocenters. The van der Waals surface area contributed by atoms with E-state index in [1.807, 2.05) is 33.8 Å². The molecule has 0 spiro atoms. The normalized spacial score (nSPS) is 14.8. The fourth-order valence-electron chi connectivity index (χ4n) is 2.13. The average molecular weight is 324 g/mol. The first-order valence-corrected chi connectivity index (χ1v) is 8.39. The molecule has 0 bridgehead atoms. The van der Waals surface area contributed by atoms with Crippen LogP contribution in [0.1, 0.15) is 48.8 Å². The molecule has 0 saturated heterocycles. The largest absolute Gasteiger partial charge is 0.395 e. The zero-order valence-electron chi connectivity index (χ0n) is 13.6. The lowest BCUT2D eigenvalue weighted by Gasteiger charge is -2.20. The van der Waals surface area contributed by atoms with E-state index in [9.17, 15) is 9.59 Å². The summed E-state index contributed by atoms with van der Waals surface area (Å²) in [7, 11) is 0. The van der Waals surface area contributed by atoms with Gasteiger partial charge in [-0.15, -0.1) is 11.3 Å². The molecule has 5 nitrogen and oxygen atoms in total. The summed E-state index contributed by atoms with van der Waals surface area (Å²) in [5.41, 5.74) is 0.390. The highest BCUT2D eigenvalue weighted by Gasteiger charge is 2.34. The highest BCUT2D eigenvalue weighted by Crippen LogP contribution is 2.33. The number of carbonyl (C=O) groups excluding carboxylic acids is 2. The van der Waals surface area contributed by atoms with Gasteiger partial charge in [0.15, 0.2) is 0 Å². The summed E-state index contributed by atoms with van der Waals surface area (Å²) < 4.78 is 0. The minimum Gasteiger partial charge on any atom is -0.395 e. The van der Waals surface area contributed by atoms with Gasteiger partial charge in [-0.3, -0.25) is 9.59 Å². The van der Waals surface area contributed by atoms with Crippen molar-refractivity contribution in [1.82, 2.24) is 4.90 Å². The van der Waals surface area contributed by atoms with Crippen molar-refractivity contribution in [3.63, 3.8) is 0 Å². The number of amides is 2. The van der Waals surface area contributed by atoms with E-state index in [1.54, 1.807) is 4.90 Å². The van der Waals surface area contributed by atoms with Crippen molar-refractivity contribution in [2.24, 2.45) is 5.41 Å². The van der Waals surface area contributed by atoms with Gasteiger partial charge in [-0.25, -0.2) is 0 Å². The molecule has 2 rings (SSSR count). The number of rotatable bonds is 5. The summed E-state index contributed by atoms with van der Waals surface area (Å²) in [6.45, 7) is 7.77. The van der Waals surface area contributed by atoms with Crippen molar-refractivity contribution in [2.45, 2.75) is 46.6 Å². The Morgan fingerprint density at radius 2 is 2.05 bits per heavy atom. The molecule has 1 aromatic heterocycles. The van der Waals surface area contributed by atoms with Crippen LogP contribution < -0.4 is 5.32 Å². The van der Waals surface area contributed by atoms with Crippen LogP contribution in [0.4, 0.5) is 5.00 Å². The number of anilines is 1. The molecular weight excluding hydrogens is 300 g/mol. The summed E-state index contributed by atoms with van der Waals surface area (Å²) in [4.78, 5) is 27.1. The molecule has 0 aliphatic heterocycles. The maximum atomic E-state index is 12.6. The average Bonchev–Trinajstić information content (AvgIpc) is 3.18. The number of carbonyl (C=O) groups is 2. The molecular formula is C16H24N2O3S. The summed E-state index contributed by atoms with van der Waals surface area (Å²) >= 11 is 1.31. The second-order valence-electron chi connectivity index (χ2n) is 6.78. The van der Waals surface area contributed by atoms with E-state index in [0.29, 0.717) is 16.4 Å².